The Balaban J connectivity index is 2.07. The van der Waals surface area contributed by atoms with Gasteiger partial charge in [0.1, 0.15) is 0 Å². The summed E-state index contributed by atoms with van der Waals surface area (Å²) in [4.78, 5) is 6.77. The van der Waals surface area contributed by atoms with Gasteiger partial charge in [-0.25, -0.2) is 0 Å². The molecule has 2 N–H and O–H groups in total. The summed E-state index contributed by atoms with van der Waals surface area (Å²) in [5.74, 6) is 1.49. The van der Waals surface area contributed by atoms with Crippen molar-refractivity contribution in [1.29, 1.82) is 0 Å². The molecule has 2 heterocycles. The lowest BCUT2D eigenvalue weighted by molar-refractivity contribution is 0.254. The Labute approximate surface area is 89.6 Å². The SMILES string of the molecule is CCN1CCCC1c1noc(CCN)n1. The fourth-order valence-corrected chi connectivity index (χ4v) is 2.13. The minimum Gasteiger partial charge on any atom is -0.339 e. The average Bonchev–Trinajstić information content (AvgIpc) is 2.84. The molecule has 1 aliphatic rings. The summed E-state index contributed by atoms with van der Waals surface area (Å²) >= 11 is 0. The minimum atomic E-state index is 0.352. The van der Waals surface area contributed by atoms with Gasteiger partial charge in [-0.3, -0.25) is 4.90 Å². The van der Waals surface area contributed by atoms with Crippen molar-refractivity contribution >= 4 is 0 Å². The van der Waals surface area contributed by atoms with E-state index in [4.69, 9.17) is 10.3 Å². The van der Waals surface area contributed by atoms with E-state index in [1.165, 1.54) is 6.42 Å². The molecule has 1 saturated heterocycles. The van der Waals surface area contributed by atoms with Crippen molar-refractivity contribution in [1.82, 2.24) is 15.0 Å². The highest BCUT2D eigenvalue weighted by atomic mass is 16.5. The van der Waals surface area contributed by atoms with Crippen LogP contribution >= 0.6 is 0 Å². The molecule has 1 aromatic rings. The molecular weight excluding hydrogens is 192 g/mol. The van der Waals surface area contributed by atoms with Crippen molar-refractivity contribution in [2.75, 3.05) is 19.6 Å². The molecule has 1 fully saturated rings. The number of hydrogen-bond donors (Lipinski definition) is 1. The first-order chi connectivity index (χ1) is 7.35. The van der Waals surface area contributed by atoms with Crippen LogP contribution in [0.3, 0.4) is 0 Å². The summed E-state index contributed by atoms with van der Waals surface area (Å²) in [6, 6.07) is 0.352. The van der Waals surface area contributed by atoms with Crippen molar-refractivity contribution in [3.63, 3.8) is 0 Å². The zero-order chi connectivity index (χ0) is 10.7. The molecule has 0 spiro atoms. The molecule has 0 saturated carbocycles. The molecule has 1 aliphatic heterocycles. The minimum absolute atomic E-state index is 0.352. The van der Waals surface area contributed by atoms with Gasteiger partial charge in [-0.1, -0.05) is 12.1 Å². The summed E-state index contributed by atoms with van der Waals surface area (Å²) in [5.41, 5.74) is 5.44. The summed E-state index contributed by atoms with van der Waals surface area (Å²) in [5, 5.41) is 4.03. The lowest BCUT2D eigenvalue weighted by atomic mass is 10.2. The fourth-order valence-electron chi connectivity index (χ4n) is 2.13. The molecule has 0 aliphatic carbocycles. The fraction of sp³-hybridized carbons (Fsp3) is 0.800. The lowest BCUT2D eigenvalue weighted by Crippen LogP contribution is -2.23. The largest absolute Gasteiger partial charge is 0.339 e. The van der Waals surface area contributed by atoms with Gasteiger partial charge in [0.15, 0.2) is 5.82 Å². The molecule has 2 rings (SSSR count). The number of rotatable bonds is 4. The lowest BCUT2D eigenvalue weighted by Gasteiger charge is -2.18. The molecule has 15 heavy (non-hydrogen) atoms. The average molecular weight is 210 g/mol. The van der Waals surface area contributed by atoms with Crippen LogP contribution in [0.4, 0.5) is 0 Å². The van der Waals surface area contributed by atoms with E-state index in [1.54, 1.807) is 0 Å². The second-order valence-electron chi connectivity index (χ2n) is 3.87. The van der Waals surface area contributed by atoms with Crippen molar-refractivity contribution in [3.8, 4) is 0 Å². The van der Waals surface area contributed by atoms with Crippen LogP contribution in [0.2, 0.25) is 0 Å². The zero-order valence-corrected chi connectivity index (χ0v) is 9.15. The molecule has 0 amide bonds. The second-order valence-corrected chi connectivity index (χ2v) is 3.87. The Hall–Kier alpha value is -0.940. The highest BCUT2D eigenvalue weighted by Crippen LogP contribution is 2.29. The number of aromatic nitrogens is 2. The summed E-state index contributed by atoms with van der Waals surface area (Å²) < 4.78 is 5.14. The molecule has 0 bridgehead atoms. The number of hydrogen-bond acceptors (Lipinski definition) is 5. The highest BCUT2D eigenvalue weighted by molar-refractivity contribution is 4.98. The molecule has 1 unspecified atom stereocenters. The maximum atomic E-state index is 5.44. The van der Waals surface area contributed by atoms with Crippen molar-refractivity contribution in [3.05, 3.63) is 11.7 Å². The van der Waals surface area contributed by atoms with Crippen LogP contribution in [-0.2, 0) is 6.42 Å². The second kappa shape index (κ2) is 4.72. The third-order valence-corrected chi connectivity index (χ3v) is 2.91. The summed E-state index contributed by atoms with van der Waals surface area (Å²) in [6.45, 7) is 4.91. The molecule has 0 radical (unpaired) electrons. The summed E-state index contributed by atoms with van der Waals surface area (Å²) in [7, 11) is 0. The van der Waals surface area contributed by atoms with Gasteiger partial charge >= 0.3 is 0 Å². The van der Waals surface area contributed by atoms with Gasteiger partial charge in [-0.15, -0.1) is 0 Å². The number of nitrogens with two attached hydrogens (primary N) is 1. The first-order valence-electron chi connectivity index (χ1n) is 5.61. The molecule has 1 atom stereocenters. The Kier molecular flexibility index (Phi) is 3.33. The normalized spacial score (nSPS) is 22.4. The topological polar surface area (TPSA) is 68.2 Å². The predicted molar refractivity (Wildman–Crippen MR) is 56.3 cm³/mol. The van der Waals surface area contributed by atoms with E-state index in [1.807, 2.05) is 0 Å². The van der Waals surface area contributed by atoms with Crippen LogP contribution in [0.1, 0.15) is 37.5 Å². The maximum Gasteiger partial charge on any atom is 0.227 e. The molecule has 5 heteroatoms. The monoisotopic (exact) mass is 210 g/mol. The van der Waals surface area contributed by atoms with Crippen molar-refractivity contribution in [2.45, 2.75) is 32.2 Å². The quantitative estimate of drug-likeness (QED) is 0.793. The van der Waals surface area contributed by atoms with Crippen molar-refractivity contribution in [2.24, 2.45) is 5.73 Å². The molecule has 0 aromatic carbocycles. The van der Waals surface area contributed by atoms with Crippen LogP contribution in [0.25, 0.3) is 0 Å². The Morgan fingerprint density at radius 3 is 3.20 bits per heavy atom. The van der Waals surface area contributed by atoms with Gasteiger partial charge in [-0.05, 0) is 25.9 Å². The van der Waals surface area contributed by atoms with Crippen LogP contribution in [0.5, 0.6) is 0 Å². The first-order valence-corrected chi connectivity index (χ1v) is 5.61. The Morgan fingerprint density at radius 1 is 1.60 bits per heavy atom. The number of likely N-dealkylation sites (tertiary alicyclic amines) is 1. The molecule has 5 nitrogen and oxygen atoms in total. The van der Waals surface area contributed by atoms with Gasteiger partial charge in [-0.2, -0.15) is 4.98 Å². The molecule has 1 aromatic heterocycles. The summed E-state index contributed by atoms with van der Waals surface area (Å²) in [6.07, 6.45) is 3.03. The van der Waals surface area contributed by atoms with E-state index < -0.39 is 0 Å². The van der Waals surface area contributed by atoms with E-state index in [0.29, 0.717) is 24.9 Å². The Bertz CT molecular complexity index is 312. The third-order valence-electron chi connectivity index (χ3n) is 2.91. The van der Waals surface area contributed by atoms with Crippen molar-refractivity contribution < 1.29 is 4.52 Å². The smallest absolute Gasteiger partial charge is 0.227 e. The van der Waals surface area contributed by atoms with E-state index >= 15 is 0 Å². The first kappa shape index (κ1) is 10.6. The van der Waals surface area contributed by atoms with Gasteiger partial charge < -0.3 is 10.3 Å². The highest BCUT2D eigenvalue weighted by Gasteiger charge is 2.28. The van der Waals surface area contributed by atoms with Crippen LogP contribution < -0.4 is 5.73 Å². The van der Waals surface area contributed by atoms with Gasteiger partial charge in [0.25, 0.3) is 0 Å². The predicted octanol–water partition coefficient (Wildman–Crippen LogP) is 0.728. The Morgan fingerprint density at radius 2 is 2.47 bits per heavy atom. The van der Waals surface area contributed by atoms with E-state index in [-0.39, 0.29) is 0 Å². The van der Waals surface area contributed by atoms with E-state index in [2.05, 4.69) is 22.0 Å². The standard InChI is InChI=1S/C10H18N4O/c1-2-14-7-3-4-8(14)10-12-9(5-6-11)15-13-10/h8H,2-7,11H2,1H3. The van der Waals surface area contributed by atoms with Crippen LogP contribution in [0, 0.1) is 0 Å². The van der Waals surface area contributed by atoms with E-state index in [0.717, 1.165) is 25.3 Å². The van der Waals surface area contributed by atoms with Crippen LogP contribution in [0.15, 0.2) is 4.52 Å². The van der Waals surface area contributed by atoms with Gasteiger partial charge in [0.2, 0.25) is 5.89 Å². The zero-order valence-electron chi connectivity index (χ0n) is 9.15. The molecular formula is C10H18N4O. The van der Waals surface area contributed by atoms with E-state index in [9.17, 15) is 0 Å². The van der Waals surface area contributed by atoms with Crippen LogP contribution in [-0.4, -0.2) is 34.7 Å². The molecule has 84 valence electrons. The van der Waals surface area contributed by atoms with Gasteiger partial charge in [0.05, 0.1) is 6.04 Å². The number of nitrogens with zero attached hydrogens (tertiary/aromatic N) is 3. The van der Waals surface area contributed by atoms with Gasteiger partial charge in [0, 0.05) is 13.0 Å². The third kappa shape index (κ3) is 2.18. The maximum absolute atomic E-state index is 5.44.